The Morgan fingerprint density at radius 1 is 0.818 bits per heavy atom. The first-order valence-corrected chi connectivity index (χ1v) is 8.25. The largest absolute Gasteiger partial charge is 0.378 e. The van der Waals surface area contributed by atoms with Gasteiger partial charge in [0.05, 0.1) is 39.6 Å². The average Bonchev–Trinajstić information content (AvgIpc) is 2.42. The van der Waals surface area contributed by atoms with E-state index in [-0.39, 0.29) is 5.91 Å². The zero-order valence-electron chi connectivity index (χ0n) is 14.7. The lowest BCUT2D eigenvalue weighted by molar-refractivity contribution is -0.122. The van der Waals surface area contributed by atoms with Crippen molar-refractivity contribution >= 4 is 5.91 Å². The highest BCUT2D eigenvalue weighted by Crippen LogP contribution is 1.97. The third-order valence-corrected chi connectivity index (χ3v) is 2.71. The molecule has 0 radical (unpaired) electrons. The summed E-state index contributed by atoms with van der Waals surface area (Å²) in [5.74, 6) is 0.469. The van der Waals surface area contributed by atoms with Gasteiger partial charge in [0.25, 0.3) is 0 Å². The summed E-state index contributed by atoms with van der Waals surface area (Å²) in [6.07, 6.45) is 0.565. The van der Waals surface area contributed by atoms with Gasteiger partial charge < -0.3 is 24.8 Å². The summed E-state index contributed by atoms with van der Waals surface area (Å²) >= 11 is 0. The van der Waals surface area contributed by atoms with E-state index in [1.807, 2.05) is 13.8 Å². The van der Waals surface area contributed by atoms with Gasteiger partial charge in [-0.2, -0.15) is 0 Å². The lowest BCUT2D eigenvalue weighted by Gasteiger charge is -2.09. The Hall–Kier alpha value is -0.690. The van der Waals surface area contributed by atoms with Gasteiger partial charge >= 0.3 is 0 Å². The molecule has 0 saturated carbocycles. The van der Waals surface area contributed by atoms with Crippen LogP contribution in [0.15, 0.2) is 0 Å². The van der Waals surface area contributed by atoms with Crippen LogP contribution in [0.4, 0.5) is 0 Å². The molecular formula is C16H34N2O4. The molecule has 1 amide bonds. The van der Waals surface area contributed by atoms with Crippen LogP contribution >= 0.6 is 0 Å². The van der Waals surface area contributed by atoms with Crippen molar-refractivity contribution in [2.75, 3.05) is 52.7 Å². The van der Waals surface area contributed by atoms with Gasteiger partial charge in [0.15, 0.2) is 0 Å². The van der Waals surface area contributed by atoms with E-state index in [0.717, 1.165) is 6.54 Å². The maximum Gasteiger partial charge on any atom is 0.220 e. The Labute approximate surface area is 135 Å². The number of nitrogens with one attached hydrogen (secondary N) is 2. The van der Waals surface area contributed by atoms with Crippen molar-refractivity contribution in [3.8, 4) is 0 Å². The number of hydrogen-bond acceptors (Lipinski definition) is 5. The smallest absolute Gasteiger partial charge is 0.220 e. The number of rotatable bonds is 15. The maximum absolute atomic E-state index is 11.4. The third kappa shape index (κ3) is 17.4. The number of amides is 1. The van der Waals surface area contributed by atoms with E-state index >= 15 is 0 Å². The number of carbonyl (C=O) groups is 1. The molecule has 0 unspecified atom stereocenters. The quantitative estimate of drug-likeness (QED) is 0.444. The summed E-state index contributed by atoms with van der Waals surface area (Å²) in [4.78, 5) is 11.4. The molecule has 0 aliphatic heterocycles. The molecule has 6 nitrogen and oxygen atoms in total. The predicted octanol–water partition coefficient (Wildman–Crippen LogP) is 1.20. The summed E-state index contributed by atoms with van der Waals surface area (Å²) in [6, 6.07) is 0.493. The second kappa shape index (κ2) is 15.2. The number of hydrogen-bond donors (Lipinski definition) is 2. The molecule has 0 rings (SSSR count). The van der Waals surface area contributed by atoms with Crippen molar-refractivity contribution in [2.24, 2.45) is 5.92 Å². The van der Waals surface area contributed by atoms with Crippen LogP contribution in [0.3, 0.4) is 0 Å². The molecule has 0 heterocycles. The van der Waals surface area contributed by atoms with Crippen LogP contribution in [0, 0.1) is 5.92 Å². The molecule has 0 aliphatic carbocycles. The second-order valence-electron chi connectivity index (χ2n) is 5.89. The van der Waals surface area contributed by atoms with Gasteiger partial charge in [0.1, 0.15) is 0 Å². The van der Waals surface area contributed by atoms with E-state index in [0.29, 0.717) is 64.6 Å². The minimum atomic E-state index is 0.0824. The maximum atomic E-state index is 11.4. The van der Waals surface area contributed by atoms with Crippen molar-refractivity contribution in [3.05, 3.63) is 0 Å². The molecule has 0 aromatic rings. The molecule has 0 aromatic carbocycles. The first-order valence-electron chi connectivity index (χ1n) is 8.25. The summed E-state index contributed by atoms with van der Waals surface area (Å²) in [7, 11) is 0. The van der Waals surface area contributed by atoms with E-state index < -0.39 is 0 Å². The highest BCUT2D eigenvalue weighted by atomic mass is 16.5. The summed E-state index contributed by atoms with van der Waals surface area (Å²) in [6.45, 7) is 13.2. The van der Waals surface area contributed by atoms with Crippen molar-refractivity contribution < 1.29 is 19.0 Å². The summed E-state index contributed by atoms with van der Waals surface area (Å²) in [5.41, 5.74) is 0. The Balaban J connectivity index is 3.10. The van der Waals surface area contributed by atoms with Crippen LogP contribution in [-0.2, 0) is 19.0 Å². The molecule has 0 aliphatic rings. The minimum Gasteiger partial charge on any atom is -0.378 e. The molecule has 0 atom stereocenters. The number of carbonyl (C=O) groups excluding carboxylic acids is 1. The highest BCUT2D eigenvalue weighted by Gasteiger charge is 2.03. The van der Waals surface area contributed by atoms with Crippen LogP contribution in [0.2, 0.25) is 0 Å². The molecule has 2 N–H and O–H groups in total. The fourth-order valence-corrected chi connectivity index (χ4v) is 1.67. The molecule has 22 heavy (non-hydrogen) atoms. The fraction of sp³-hybridized carbons (Fsp3) is 0.938. The monoisotopic (exact) mass is 318 g/mol. The standard InChI is InChI=1S/C16H34N2O4/c1-14(2)13-16(19)18-6-8-21-10-12-22-11-9-20-7-5-17-15(3)4/h14-15,17H,5-13H2,1-4H3,(H,18,19). The Morgan fingerprint density at radius 3 is 1.82 bits per heavy atom. The van der Waals surface area contributed by atoms with Gasteiger partial charge in [-0.15, -0.1) is 0 Å². The first kappa shape index (κ1) is 21.3. The molecule has 0 spiro atoms. The zero-order valence-corrected chi connectivity index (χ0v) is 14.7. The van der Waals surface area contributed by atoms with Crippen molar-refractivity contribution in [1.82, 2.24) is 10.6 Å². The van der Waals surface area contributed by atoms with Gasteiger partial charge in [-0.25, -0.2) is 0 Å². The Kier molecular flexibility index (Phi) is 14.7. The van der Waals surface area contributed by atoms with Gasteiger partial charge in [0.2, 0.25) is 5.91 Å². The van der Waals surface area contributed by atoms with Crippen LogP contribution in [0.5, 0.6) is 0 Å². The summed E-state index contributed by atoms with van der Waals surface area (Å²) < 4.78 is 16.2. The molecule has 0 fully saturated rings. The van der Waals surface area contributed by atoms with Crippen molar-refractivity contribution in [1.29, 1.82) is 0 Å². The third-order valence-electron chi connectivity index (χ3n) is 2.71. The number of ether oxygens (including phenoxy) is 3. The van der Waals surface area contributed by atoms with Gasteiger partial charge in [-0.05, 0) is 5.92 Å². The predicted molar refractivity (Wildman–Crippen MR) is 88.1 cm³/mol. The molecule has 0 bridgehead atoms. The van der Waals surface area contributed by atoms with Crippen LogP contribution in [0.1, 0.15) is 34.1 Å². The lowest BCUT2D eigenvalue weighted by Crippen LogP contribution is -2.28. The van der Waals surface area contributed by atoms with Crippen molar-refractivity contribution in [3.63, 3.8) is 0 Å². The molecule has 132 valence electrons. The van der Waals surface area contributed by atoms with E-state index in [9.17, 15) is 4.79 Å². The average molecular weight is 318 g/mol. The first-order chi connectivity index (χ1) is 10.5. The van der Waals surface area contributed by atoms with Crippen molar-refractivity contribution in [2.45, 2.75) is 40.2 Å². The highest BCUT2D eigenvalue weighted by molar-refractivity contribution is 5.75. The Bertz CT molecular complexity index is 261. The van der Waals surface area contributed by atoms with Gasteiger partial charge in [0, 0.05) is 25.6 Å². The van der Waals surface area contributed by atoms with E-state index in [4.69, 9.17) is 14.2 Å². The van der Waals surface area contributed by atoms with Crippen LogP contribution in [0.25, 0.3) is 0 Å². The van der Waals surface area contributed by atoms with Crippen LogP contribution in [-0.4, -0.2) is 64.7 Å². The Morgan fingerprint density at radius 2 is 1.32 bits per heavy atom. The lowest BCUT2D eigenvalue weighted by atomic mass is 10.1. The topological polar surface area (TPSA) is 68.8 Å². The molecular weight excluding hydrogens is 284 g/mol. The SMILES string of the molecule is CC(C)CC(=O)NCCOCCOCCOCCNC(C)C. The molecule has 0 aromatic heterocycles. The van der Waals surface area contributed by atoms with E-state index in [1.165, 1.54) is 0 Å². The molecule has 0 saturated heterocycles. The van der Waals surface area contributed by atoms with E-state index in [1.54, 1.807) is 0 Å². The van der Waals surface area contributed by atoms with Crippen LogP contribution < -0.4 is 10.6 Å². The molecule has 6 heteroatoms. The zero-order chi connectivity index (χ0) is 16.6. The van der Waals surface area contributed by atoms with Gasteiger partial charge in [-0.3, -0.25) is 4.79 Å². The normalized spacial score (nSPS) is 11.4. The summed E-state index contributed by atoms with van der Waals surface area (Å²) in [5, 5.41) is 6.10. The second-order valence-corrected chi connectivity index (χ2v) is 5.89. The fourth-order valence-electron chi connectivity index (χ4n) is 1.67. The van der Waals surface area contributed by atoms with Gasteiger partial charge in [-0.1, -0.05) is 27.7 Å². The minimum absolute atomic E-state index is 0.0824. The van der Waals surface area contributed by atoms with E-state index in [2.05, 4.69) is 24.5 Å².